The average Bonchev–Trinajstić information content (AvgIpc) is 3.21. The van der Waals surface area contributed by atoms with Crippen molar-refractivity contribution in [3.8, 4) is 0 Å². The zero-order valence-electron chi connectivity index (χ0n) is 16.6. The van der Waals surface area contributed by atoms with E-state index in [1.54, 1.807) is 17.2 Å². The average molecular weight is 440 g/mol. The van der Waals surface area contributed by atoms with Crippen molar-refractivity contribution in [2.45, 2.75) is 57.8 Å². The van der Waals surface area contributed by atoms with Gasteiger partial charge in [0, 0.05) is 17.0 Å². The first-order valence-corrected chi connectivity index (χ1v) is 10.8. The lowest BCUT2D eigenvalue weighted by atomic mass is 9.93. The van der Waals surface area contributed by atoms with Gasteiger partial charge in [-0.1, -0.05) is 25.3 Å². The van der Waals surface area contributed by atoms with Crippen LogP contribution < -0.4 is 0 Å². The summed E-state index contributed by atoms with van der Waals surface area (Å²) in [5, 5.41) is 2.12. The van der Waals surface area contributed by atoms with Crippen molar-refractivity contribution in [3.63, 3.8) is 0 Å². The fourth-order valence-corrected chi connectivity index (χ4v) is 4.34. The Labute approximate surface area is 176 Å². The monoisotopic (exact) mass is 440 g/mol. The third-order valence-corrected chi connectivity index (χ3v) is 5.89. The van der Waals surface area contributed by atoms with E-state index in [0.717, 1.165) is 44.2 Å². The van der Waals surface area contributed by atoms with Gasteiger partial charge in [0.2, 0.25) is 0 Å². The molecule has 0 spiro atoms. The molecule has 1 aliphatic carbocycles. The van der Waals surface area contributed by atoms with Gasteiger partial charge in [0.25, 0.3) is 5.91 Å². The maximum absolute atomic E-state index is 13.2. The lowest BCUT2D eigenvalue weighted by molar-refractivity contribution is -0.137. The maximum Gasteiger partial charge on any atom is 0.416 e. The number of aromatic nitrogens is 1. The van der Waals surface area contributed by atoms with E-state index in [2.05, 4.69) is 4.98 Å². The molecule has 0 bridgehead atoms. The summed E-state index contributed by atoms with van der Waals surface area (Å²) in [6.45, 7) is 2.07. The molecule has 2 aromatic rings. The topological polar surface area (TPSA) is 59.5 Å². The largest absolute Gasteiger partial charge is 0.461 e. The zero-order chi connectivity index (χ0) is 21.7. The van der Waals surface area contributed by atoms with Crippen LogP contribution in [0.4, 0.5) is 13.2 Å². The first-order valence-electron chi connectivity index (χ1n) is 9.89. The Morgan fingerprint density at radius 3 is 2.63 bits per heavy atom. The number of hydrogen-bond acceptors (Lipinski definition) is 5. The summed E-state index contributed by atoms with van der Waals surface area (Å²) < 4.78 is 44.2. The van der Waals surface area contributed by atoms with Crippen molar-refractivity contribution >= 4 is 23.2 Å². The predicted octanol–water partition coefficient (Wildman–Crippen LogP) is 5.31. The van der Waals surface area contributed by atoms with Gasteiger partial charge in [-0.25, -0.2) is 9.78 Å². The number of hydrogen-bond donors (Lipinski definition) is 0. The molecule has 3 rings (SSSR count). The van der Waals surface area contributed by atoms with E-state index >= 15 is 0 Å². The van der Waals surface area contributed by atoms with Crippen molar-refractivity contribution < 1.29 is 27.5 Å². The van der Waals surface area contributed by atoms with E-state index in [0.29, 0.717) is 5.01 Å². The van der Waals surface area contributed by atoms with Crippen molar-refractivity contribution in [2.75, 3.05) is 6.61 Å². The highest BCUT2D eigenvalue weighted by Crippen LogP contribution is 2.31. The van der Waals surface area contributed by atoms with Crippen LogP contribution in [0.15, 0.2) is 29.6 Å². The van der Waals surface area contributed by atoms with Gasteiger partial charge in [0.1, 0.15) is 5.01 Å². The van der Waals surface area contributed by atoms with Crippen LogP contribution in [0.2, 0.25) is 0 Å². The Morgan fingerprint density at radius 1 is 1.23 bits per heavy atom. The molecule has 9 heteroatoms. The number of esters is 1. The first kappa shape index (κ1) is 22.3. The molecule has 0 saturated heterocycles. The van der Waals surface area contributed by atoms with Crippen LogP contribution >= 0.6 is 11.3 Å². The quantitative estimate of drug-likeness (QED) is 0.571. The van der Waals surface area contributed by atoms with Crippen LogP contribution in [-0.4, -0.2) is 34.4 Å². The molecular formula is C21H23F3N2O3S. The fraction of sp³-hybridized carbons (Fsp3) is 0.476. The molecule has 0 aliphatic heterocycles. The number of nitrogens with zero attached hydrogens (tertiary/aromatic N) is 2. The molecule has 1 aromatic heterocycles. The smallest absolute Gasteiger partial charge is 0.416 e. The van der Waals surface area contributed by atoms with Gasteiger partial charge in [0.05, 0.1) is 18.7 Å². The van der Waals surface area contributed by atoms with Gasteiger partial charge in [-0.15, -0.1) is 11.3 Å². The fourth-order valence-electron chi connectivity index (χ4n) is 3.58. The second kappa shape index (κ2) is 9.59. The van der Waals surface area contributed by atoms with E-state index in [1.165, 1.54) is 23.5 Å². The highest BCUT2D eigenvalue weighted by atomic mass is 32.1. The minimum Gasteiger partial charge on any atom is -0.461 e. The zero-order valence-corrected chi connectivity index (χ0v) is 17.4. The summed E-state index contributed by atoms with van der Waals surface area (Å²) in [4.78, 5) is 30.9. The molecule has 1 aromatic carbocycles. The van der Waals surface area contributed by atoms with E-state index in [9.17, 15) is 22.8 Å². The van der Waals surface area contributed by atoms with Crippen molar-refractivity contribution in [2.24, 2.45) is 0 Å². The van der Waals surface area contributed by atoms with Crippen molar-refractivity contribution in [1.82, 2.24) is 9.88 Å². The van der Waals surface area contributed by atoms with Crippen LogP contribution in [0.1, 0.15) is 70.4 Å². The van der Waals surface area contributed by atoms with Gasteiger partial charge in [0.15, 0.2) is 5.69 Å². The van der Waals surface area contributed by atoms with Crippen LogP contribution in [0.25, 0.3) is 0 Å². The molecule has 5 nitrogen and oxygen atoms in total. The molecule has 0 N–H and O–H groups in total. The number of carbonyl (C=O) groups excluding carboxylic acids is 2. The molecule has 1 heterocycles. The van der Waals surface area contributed by atoms with E-state index in [4.69, 9.17) is 4.74 Å². The summed E-state index contributed by atoms with van der Waals surface area (Å²) in [5.74, 6) is -0.991. The highest BCUT2D eigenvalue weighted by molar-refractivity contribution is 7.09. The SMILES string of the molecule is CCOC(=O)c1csc(CN(C(=O)c2cccc(C(F)(F)F)c2)C2CCCCC2)n1. The summed E-state index contributed by atoms with van der Waals surface area (Å²) in [5.41, 5.74) is -0.680. The third-order valence-electron chi connectivity index (χ3n) is 5.06. The lowest BCUT2D eigenvalue weighted by Gasteiger charge is -2.34. The Balaban J connectivity index is 1.86. The lowest BCUT2D eigenvalue weighted by Crippen LogP contribution is -2.41. The van der Waals surface area contributed by atoms with Crippen LogP contribution in [0.5, 0.6) is 0 Å². The van der Waals surface area contributed by atoms with Crippen LogP contribution in [0, 0.1) is 0 Å². The number of ether oxygens (including phenoxy) is 1. The van der Waals surface area contributed by atoms with E-state index < -0.39 is 23.6 Å². The Kier molecular flexibility index (Phi) is 7.12. The third kappa shape index (κ3) is 5.38. The van der Waals surface area contributed by atoms with Crippen molar-refractivity contribution in [1.29, 1.82) is 0 Å². The number of thiazole rings is 1. The molecule has 0 atom stereocenters. The molecule has 1 amide bonds. The standard InChI is InChI=1S/C21H23F3N2O3S/c1-2-29-20(28)17-13-30-18(25-17)12-26(16-9-4-3-5-10-16)19(27)14-7-6-8-15(11-14)21(22,23)24/h6-8,11,13,16H,2-5,9-10,12H2,1H3. The summed E-state index contributed by atoms with van der Waals surface area (Å²) in [7, 11) is 0. The summed E-state index contributed by atoms with van der Waals surface area (Å²) >= 11 is 1.23. The minimum atomic E-state index is -4.52. The summed E-state index contributed by atoms with van der Waals surface area (Å²) in [6.07, 6.45) is 0.0652. The molecule has 162 valence electrons. The number of benzene rings is 1. The molecule has 0 radical (unpaired) electrons. The summed E-state index contributed by atoms with van der Waals surface area (Å²) in [6, 6.07) is 4.42. The molecule has 1 aliphatic rings. The number of alkyl halides is 3. The van der Waals surface area contributed by atoms with Crippen LogP contribution in [-0.2, 0) is 17.5 Å². The number of amides is 1. The normalized spacial score (nSPS) is 15.1. The molecule has 30 heavy (non-hydrogen) atoms. The van der Waals surface area contributed by atoms with Crippen LogP contribution in [0.3, 0.4) is 0 Å². The van der Waals surface area contributed by atoms with E-state index in [-0.39, 0.29) is 30.5 Å². The molecule has 1 saturated carbocycles. The Morgan fingerprint density at radius 2 is 1.97 bits per heavy atom. The Hall–Kier alpha value is -2.42. The van der Waals surface area contributed by atoms with Gasteiger partial charge in [-0.3, -0.25) is 4.79 Å². The number of rotatable bonds is 6. The molecule has 0 unspecified atom stereocenters. The second-order valence-electron chi connectivity index (χ2n) is 7.15. The highest BCUT2D eigenvalue weighted by Gasteiger charge is 2.33. The van der Waals surface area contributed by atoms with Gasteiger partial charge >= 0.3 is 12.1 Å². The minimum absolute atomic E-state index is 0.00225. The van der Waals surface area contributed by atoms with Gasteiger partial charge in [-0.05, 0) is 38.0 Å². The number of carbonyl (C=O) groups is 2. The maximum atomic E-state index is 13.2. The molecular weight excluding hydrogens is 417 g/mol. The number of halogens is 3. The van der Waals surface area contributed by atoms with Crippen molar-refractivity contribution in [3.05, 3.63) is 51.5 Å². The molecule has 1 fully saturated rings. The van der Waals surface area contributed by atoms with Gasteiger partial charge < -0.3 is 9.64 Å². The van der Waals surface area contributed by atoms with Gasteiger partial charge in [-0.2, -0.15) is 13.2 Å². The first-order chi connectivity index (χ1) is 14.3. The Bertz CT molecular complexity index is 892. The second-order valence-corrected chi connectivity index (χ2v) is 8.09. The predicted molar refractivity (Wildman–Crippen MR) is 106 cm³/mol. The van der Waals surface area contributed by atoms with E-state index in [1.807, 2.05) is 0 Å².